The van der Waals surface area contributed by atoms with E-state index in [0.717, 1.165) is 3.57 Å². The van der Waals surface area contributed by atoms with Gasteiger partial charge in [-0.15, -0.1) is 0 Å². The van der Waals surface area contributed by atoms with Gasteiger partial charge in [0.15, 0.2) is 0 Å². The van der Waals surface area contributed by atoms with Crippen molar-refractivity contribution in [2.75, 3.05) is 0 Å². The highest BCUT2D eigenvalue weighted by atomic mass is 127. The quantitative estimate of drug-likeness (QED) is 0.824. The summed E-state index contributed by atoms with van der Waals surface area (Å²) in [4.78, 5) is 0. The molecule has 0 aliphatic carbocycles. The summed E-state index contributed by atoms with van der Waals surface area (Å²) in [5.74, 6) is 0. The number of benzene rings is 1. The maximum Gasteiger partial charge on any atom is 0.392 e. The Morgan fingerprint density at radius 2 is 1.67 bits per heavy atom. The van der Waals surface area contributed by atoms with Crippen LogP contribution in [0.4, 0.5) is 13.2 Å². The fraction of sp³-hybridized carbons (Fsp3) is 0.400. The summed E-state index contributed by atoms with van der Waals surface area (Å²) in [6, 6.07) is 6.35. The highest BCUT2D eigenvalue weighted by molar-refractivity contribution is 14.1. The number of alkyl halides is 3. The molecule has 0 aliphatic heterocycles. The van der Waals surface area contributed by atoms with E-state index in [2.05, 4.69) is 0 Å². The lowest BCUT2D eigenvalue weighted by Crippen LogP contribution is -2.28. The molecule has 0 aliphatic rings. The van der Waals surface area contributed by atoms with Crippen LogP contribution >= 0.6 is 22.6 Å². The Morgan fingerprint density at radius 3 is 2.07 bits per heavy atom. The largest absolute Gasteiger partial charge is 0.392 e. The van der Waals surface area contributed by atoms with E-state index >= 15 is 0 Å². The highest BCUT2D eigenvalue weighted by Crippen LogP contribution is 2.34. The number of halogens is 4. The zero-order valence-electron chi connectivity index (χ0n) is 7.98. The van der Waals surface area contributed by atoms with Crippen molar-refractivity contribution in [1.82, 2.24) is 0 Å². The SMILES string of the molecule is CC(O)(CC(F)(F)F)c1ccc(I)cc1. The Hall–Kier alpha value is -0.300. The van der Waals surface area contributed by atoms with Crippen LogP contribution in [0.1, 0.15) is 18.9 Å². The molecular weight excluding hydrogens is 320 g/mol. The van der Waals surface area contributed by atoms with Crippen molar-refractivity contribution in [3.8, 4) is 0 Å². The van der Waals surface area contributed by atoms with Crippen molar-refractivity contribution in [3.05, 3.63) is 33.4 Å². The molecule has 5 heteroatoms. The summed E-state index contributed by atoms with van der Waals surface area (Å²) < 4.78 is 37.4. The summed E-state index contributed by atoms with van der Waals surface area (Å²) in [6.45, 7) is 1.17. The van der Waals surface area contributed by atoms with Gasteiger partial charge >= 0.3 is 6.18 Å². The van der Waals surface area contributed by atoms with Crippen molar-refractivity contribution in [3.63, 3.8) is 0 Å². The van der Waals surface area contributed by atoms with Gasteiger partial charge in [-0.1, -0.05) is 12.1 Å². The van der Waals surface area contributed by atoms with Gasteiger partial charge in [0.05, 0.1) is 12.0 Å². The Balaban J connectivity index is 2.90. The van der Waals surface area contributed by atoms with Crippen molar-refractivity contribution < 1.29 is 18.3 Å². The smallest absolute Gasteiger partial charge is 0.385 e. The summed E-state index contributed by atoms with van der Waals surface area (Å²) in [6.07, 6.45) is -5.60. The Bertz CT molecular complexity index is 330. The second kappa shape index (κ2) is 4.29. The monoisotopic (exact) mass is 330 g/mol. The fourth-order valence-corrected chi connectivity index (χ4v) is 1.66. The van der Waals surface area contributed by atoms with E-state index in [4.69, 9.17) is 0 Å². The maximum absolute atomic E-state index is 12.2. The lowest BCUT2D eigenvalue weighted by molar-refractivity contribution is -0.174. The maximum atomic E-state index is 12.2. The topological polar surface area (TPSA) is 20.2 Å². The van der Waals surface area contributed by atoms with Gasteiger partial charge in [0, 0.05) is 3.57 Å². The first-order chi connectivity index (χ1) is 6.71. The van der Waals surface area contributed by atoms with Crippen molar-refractivity contribution in [2.24, 2.45) is 0 Å². The van der Waals surface area contributed by atoms with Gasteiger partial charge in [-0.3, -0.25) is 0 Å². The number of hydrogen-bond acceptors (Lipinski definition) is 1. The minimum absolute atomic E-state index is 0.278. The minimum Gasteiger partial charge on any atom is -0.385 e. The molecule has 1 aromatic carbocycles. The van der Waals surface area contributed by atoms with Gasteiger partial charge in [0.25, 0.3) is 0 Å². The Labute approximate surface area is 99.4 Å². The van der Waals surface area contributed by atoms with E-state index in [9.17, 15) is 18.3 Å². The molecule has 1 N–H and O–H groups in total. The molecular formula is C10H10F3IO. The van der Waals surface area contributed by atoms with Crippen LogP contribution in [0.3, 0.4) is 0 Å². The van der Waals surface area contributed by atoms with Crippen molar-refractivity contribution in [2.45, 2.75) is 25.1 Å². The summed E-state index contributed by atoms with van der Waals surface area (Å²) in [7, 11) is 0. The zero-order valence-corrected chi connectivity index (χ0v) is 10.1. The third kappa shape index (κ3) is 3.98. The molecule has 15 heavy (non-hydrogen) atoms. The molecule has 1 atom stereocenters. The number of aliphatic hydroxyl groups is 1. The first kappa shape index (κ1) is 12.8. The molecule has 0 bridgehead atoms. The molecule has 0 saturated heterocycles. The molecule has 1 unspecified atom stereocenters. The molecule has 0 spiro atoms. The van der Waals surface area contributed by atoms with Crippen LogP contribution in [0, 0.1) is 3.57 Å². The van der Waals surface area contributed by atoms with Gasteiger partial charge < -0.3 is 5.11 Å². The predicted octanol–water partition coefficient (Wildman–Crippen LogP) is 3.45. The molecule has 84 valence electrons. The lowest BCUT2D eigenvalue weighted by atomic mass is 9.92. The van der Waals surface area contributed by atoms with Crippen molar-refractivity contribution in [1.29, 1.82) is 0 Å². The number of hydrogen-bond donors (Lipinski definition) is 1. The summed E-state index contributed by atoms with van der Waals surface area (Å²) >= 11 is 2.05. The second-order valence-corrected chi connectivity index (χ2v) is 4.82. The first-order valence-corrected chi connectivity index (χ1v) is 5.34. The van der Waals surface area contributed by atoms with Crippen LogP contribution in [-0.2, 0) is 5.60 Å². The zero-order chi connectivity index (χ0) is 11.7. The van der Waals surface area contributed by atoms with Gasteiger partial charge in [0.2, 0.25) is 0 Å². The van der Waals surface area contributed by atoms with E-state index < -0.39 is 18.2 Å². The third-order valence-corrected chi connectivity index (χ3v) is 2.73. The normalized spacial score (nSPS) is 16.1. The molecule has 0 aromatic heterocycles. The lowest BCUT2D eigenvalue weighted by Gasteiger charge is -2.25. The Kier molecular flexibility index (Phi) is 3.65. The average molecular weight is 330 g/mol. The van der Waals surface area contributed by atoms with E-state index in [0.29, 0.717) is 0 Å². The average Bonchev–Trinajstić information content (AvgIpc) is 2.00. The minimum atomic E-state index is -4.37. The molecule has 0 radical (unpaired) electrons. The number of rotatable bonds is 2. The van der Waals surface area contributed by atoms with E-state index in [1.807, 2.05) is 22.6 Å². The third-order valence-electron chi connectivity index (χ3n) is 2.01. The fourth-order valence-electron chi connectivity index (χ4n) is 1.30. The van der Waals surface area contributed by atoms with Crippen LogP contribution < -0.4 is 0 Å². The van der Waals surface area contributed by atoms with Crippen LogP contribution in [-0.4, -0.2) is 11.3 Å². The second-order valence-electron chi connectivity index (χ2n) is 3.57. The molecule has 1 rings (SSSR count). The molecule has 0 saturated carbocycles. The van der Waals surface area contributed by atoms with Gasteiger partial charge in [0.1, 0.15) is 0 Å². The molecule has 0 heterocycles. The molecule has 1 aromatic rings. The summed E-state index contributed by atoms with van der Waals surface area (Å²) in [5, 5.41) is 9.69. The van der Waals surface area contributed by atoms with Crippen LogP contribution in [0.5, 0.6) is 0 Å². The van der Waals surface area contributed by atoms with Crippen LogP contribution in [0.25, 0.3) is 0 Å². The predicted molar refractivity (Wildman–Crippen MR) is 59.4 cm³/mol. The van der Waals surface area contributed by atoms with E-state index in [-0.39, 0.29) is 5.56 Å². The standard InChI is InChI=1S/C10H10F3IO/c1-9(15,6-10(11,12)13)7-2-4-8(14)5-3-7/h2-5,15H,6H2,1H3. The molecule has 0 amide bonds. The Morgan fingerprint density at radius 1 is 1.20 bits per heavy atom. The van der Waals surface area contributed by atoms with Gasteiger partial charge in [-0.2, -0.15) is 13.2 Å². The highest BCUT2D eigenvalue weighted by Gasteiger charge is 2.39. The van der Waals surface area contributed by atoms with Crippen LogP contribution in [0.15, 0.2) is 24.3 Å². The molecule has 0 fully saturated rings. The van der Waals surface area contributed by atoms with Crippen molar-refractivity contribution >= 4 is 22.6 Å². The summed E-state index contributed by atoms with van der Waals surface area (Å²) in [5.41, 5.74) is -1.58. The van der Waals surface area contributed by atoms with E-state index in [1.165, 1.54) is 19.1 Å². The first-order valence-electron chi connectivity index (χ1n) is 4.26. The van der Waals surface area contributed by atoms with Gasteiger partial charge in [-0.05, 0) is 47.2 Å². The molecule has 1 nitrogen and oxygen atoms in total. The van der Waals surface area contributed by atoms with Crippen LogP contribution in [0.2, 0.25) is 0 Å². The van der Waals surface area contributed by atoms with Gasteiger partial charge in [-0.25, -0.2) is 0 Å². The van der Waals surface area contributed by atoms with E-state index in [1.54, 1.807) is 12.1 Å².